The average molecular weight is 358 g/mol. The summed E-state index contributed by atoms with van der Waals surface area (Å²) in [7, 11) is 1.49. The highest BCUT2D eigenvalue weighted by Gasteiger charge is 2.55. The zero-order valence-corrected chi connectivity index (χ0v) is 15.3. The standard InChI is InChI=1S/C19H26N4O3/c1-13-5-3-4-6-14(13)11-19(15-7-9-21-10-8-15)17(25)23(18(26)22-19)12-16(24)20-2/h3-6,15,21H,7-12H2,1-2H3,(H,20,24)(H,22,26)/t19-/m1/s1. The molecule has 2 heterocycles. The third-order valence-electron chi connectivity index (χ3n) is 5.55. The van der Waals surface area contributed by atoms with Crippen molar-refractivity contribution in [2.75, 3.05) is 26.7 Å². The van der Waals surface area contributed by atoms with E-state index in [0.717, 1.165) is 42.0 Å². The summed E-state index contributed by atoms with van der Waals surface area (Å²) in [6.45, 7) is 3.40. The van der Waals surface area contributed by atoms with Gasteiger partial charge in [0.25, 0.3) is 5.91 Å². The van der Waals surface area contributed by atoms with Crippen molar-refractivity contribution in [2.24, 2.45) is 5.92 Å². The molecule has 7 nitrogen and oxygen atoms in total. The quantitative estimate of drug-likeness (QED) is 0.672. The Balaban J connectivity index is 1.96. The van der Waals surface area contributed by atoms with Crippen molar-refractivity contribution >= 4 is 17.8 Å². The van der Waals surface area contributed by atoms with E-state index in [0.29, 0.717) is 6.42 Å². The number of aryl methyl sites for hydroxylation is 1. The van der Waals surface area contributed by atoms with Crippen LogP contribution < -0.4 is 16.0 Å². The molecule has 0 aliphatic carbocycles. The number of nitrogens with zero attached hydrogens (tertiary/aromatic N) is 1. The summed E-state index contributed by atoms with van der Waals surface area (Å²) < 4.78 is 0. The Morgan fingerprint density at radius 2 is 1.96 bits per heavy atom. The van der Waals surface area contributed by atoms with Gasteiger partial charge in [-0.05, 0) is 49.9 Å². The van der Waals surface area contributed by atoms with Gasteiger partial charge in [-0.3, -0.25) is 14.5 Å². The summed E-state index contributed by atoms with van der Waals surface area (Å²) in [5.74, 6) is -0.610. The minimum Gasteiger partial charge on any atom is -0.358 e. The Kier molecular flexibility index (Phi) is 5.27. The molecule has 0 radical (unpaired) electrons. The second-order valence-electron chi connectivity index (χ2n) is 7.09. The lowest BCUT2D eigenvalue weighted by Crippen LogP contribution is -2.57. The van der Waals surface area contributed by atoms with E-state index in [1.807, 2.05) is 31.2 Å². The fraction of sp³-hybridized carbons (Fsp3) is 0.526. The minimum absolute atomic E-state index is 0.0366. The van der Waals surface area contributed by atoms with Crippen LogP contribution in [0.3, 0.4) is 0 Å². The number of benzene rings is 1. The fourth-order valence-corrected chi connectivity index (χ4v) is 3.98. The number of amides is 4. The van der Waals surface area contributed by atoms with Gasteiger partial charge in [-0.25, -0.2) is 4.79 Å². The van der Waals surface area contributed by atoms with Gasteiger partial charge in [0, 0.05) is 13.5 Å². The highest BCUT2D eigenvalue weighted by atomic mass is 16.2. The van der Waals surface area contributed by atoms with Gasteiger partial charge in [0.15, 0.2) is 0 Å². The molecule has 2 aliphatic heterocycles. The second kappa shape index (κ2) is 7.45. The third-order valence-corrected chi connectivity index (χ3v) is 5.55. The number of carbonyl (C=O) groups excluding carboxylic acids is 3. The van der Waals surface area contributed by atoms with Crippen molar-refractivity contribution in [2.45, 2.75) is 31.7 Å². The average Bonchev–Trinajstić information content (AvgIpc) is 2.89. The van der Waals surface area contributed by atoms with Gasteiger partial charge in [0.05, 0.1) is 0 Å². The SMILES string of the molecule is CNC(=O)CN1C(=O)N[C@](Cc2ccccc2C)(C2CCNCC2)C1=O. The molecule has 0 spiro atoms. The van der Waals surface area contributed by atoms with Crippen molar-refractivity contribution in [1.82, 2.24) is 20.9 Å². The summed E-state index contributed by atoms with van der Waals surface area (Å²) in [6, 6.07) is 7.43. The molecule has 26 heavy (non-hydrogen) atoms. The lowest BCUT2D eigenvalue weighted by atomic mass is 9.73. The number of nitrogens with one attached hydrogen (secondary N) is 3. The lowest BCUT2D eigenvalue weighted by Gasteiger charge is -2.38. The van der Waals surface area contributed by atoms with E-state index < -0.39 is 11.6 Å². The Morgan fingerprint density at radius 3 is 2.62 bits per heavy atom. The predicted molar refractivity (Wildman–Crippen MR) is 97.5 cm³/mol. The number of rotatable bonds is 5. The molecule has 1 atom stereocenters. The number of urea groups is 1. The molecule has 140 valence electrons. The van der Waals surface area contributed by atoms with Gasteiger partial charge in [-0.15, -0.1) is 0 Å². The number of imide groups is 1. The van der Waals surface area contributed by atoms with Crippen molar-refractivity contribution in [3.05, 3.63) is 35.4 Å². The minimum atomic E-state index is -0.987. The maximum Gasteiger partial charge on any atom is 0.325 e. The predicted octanol–water partition coefficient (Wildman–Crippen LogP) is 0.574. The molecule has 2 saturated heterocycles. The van der Waals surface area contributed by atoms with Crippen LogP contribution in [-0.2, 0) is 16.0 Å². The van der Waals surface area contributed by atoms with Crippen molar-refractivity contribution < 1.29 is 14.4 Å². The van der Waals surface area contributed by atoms with Crippen LogP contribution in [0.2, 0.25) is 0 Å². The van der Waals surface area contributed by atoms with E-state index in [9.17, 15) is 14.4 Å². The molecule has 3 N–H and O–H groups in total. The van der Waals surface area contributed by atoms with Crippen molar-refractivity contribution in [3.63, 3.8) is 0 Å². The van der Waals surface area contributed by atoms with Gasteiger partial charge >= 0.3 is 6.03 Å². The fourth-order valence-electron chi connectivity index (χ4n) is 3.98. The number of piperidine rings is 1. The van der Waals surface area contributed by atoms with Crippen LogP contribution in [0.5, 0.6) is 0 Å². The first-order valence-electron chi connectivity index (χ1n) is 9.08. The molecular weight excluding hydrogens is 332 g/mol. The molecule has 2 fully saturated rings. The normalized spacial score (nSPS) is 23.8. The molecular formula is C19H26N4O3. The zero-order chi connectivity index (χ0) is 18.7. The Morgan fingerprint density at radius 1 is 1.27 bits per heavy atom. The van der Waals surface area contributed by atoms with E-state index >= 15 is 0 Å². The Labute approximate surface area is 153 Å². The summed E-state index contributed by atoms with van der Waals surface area (Å²) in [4.78, 5) is 38.7. The van der Waals surface area contributed by atoms with E-state index in [-0.39, 0.29) is 24.3 Å². The van der Waals surface area contributed by atoms with E-state index in [2.05, 4.69) is 16.0 Å². The second-order valence-corrected chi connectivity index (χ2v) is 7.09. The smallest absolute Gasteiger partial charge is 0.325 e. The molecule has 1 aromatic rings. The van der Waals surface area contributed by atoms with Gasteiger partial charge in [0.1, 0.15) is 12.1 Å². The summed E-state index contributed by atoms with van der Waals surface area (Å²) in [5, 5.41) is 8.76. The van der Waals surface area contributed by atoms with E-state index in [4.69, 9.17) is 0 Å². The number of carbonyl (C=O) groups is 3. The van der Waals surface area contributed by atoms with Crippen LogP contribution in [0.4, 0.5) is 4.79 Å². The molecule has 1 aromatic carbocycles. The van der Waals surface area contributed by atoms with Crippen LogP contribution in [0, 0.1) is 12.8 Å². The summed E-state index contributed by atoms with van der Waals surface area (Å²) in [6.07, 6.45) is 2.07. The Hall–Kier alpha value is -2.41. The van der Waals surface area contributed by atoms with E-state index in [1.165, 1.54) is 7.05 Å². The van der Waals surface area contributed by atoms with Gasteiger partial charge in [-0.2, -0.15) is 0 Å². The highest BCUT2D eigenvalue weighted by molar-refractivity contribution is 6.09. The molecule has 0 saturated carbocycles. The van der Waals surface area contributed by atoms with Gasteiger partial charge < -0.3 is 16.0 Å². The maximum absolute atomic E-state index is 13.3. The van der Waals surface area contributed by atoms with Crippen LogP contribution in [-0.4, -0.2) is 55.0 Å². The van der Waals surface area contributed by atoms with Gasteiger partial charge in [-0.1, -0.05) is 24.3 Å². The monoisotopic (exact) mass is 358 g/mol. The van der Waals surface area contributed by atoms with E-state index in [1.54, 1.807) is 0 Å². The first-order valence-corrected chi connectivity index (χ1v) is 9.08. The molecule has 7 heteroatoms. The highest BCUT2D eigenvalue weighted by Crippen LogP contribution is 2.35. The summed E-state index contributed by atoms with van der Waals surface area (Å²) >= 11 is 0. The van der Waals surface area contributed by atoms with Gasteiger partial charge in [0.2, 0.25) is 5.91 Å². The Bertz CT molecular complexity index is 714. The lowest BCUT2D eigenvalue weighted by molar-refractivity contribution is -0.136. The van der Waals surface area contributed by atoms with Crippen LogP contribution in [0.25, 0.3) is 0 Å². The first kappa shape index (κ1) is 18.4. The first-order chi connectivity index (χ1) is 12.5. The van der Waals surface area contributed by atoms with Crippen molar-refractivity contribution in [3.8, 4) is 0 Å². The molecule has 4 amide bonds. The topological polar surface area (TPSA) is 90.5 Å². The summed E-state index contributed by atoms with van der Waals surface area (Å²) in [5.41, 5.74) is 1.15. The maximum atomic E-state index is 13.3. The zero-order valence-electron chi connectivity index (χ0n) is 15.3. The van der Waals surface area contributed by atoms with Crippen LogP contribution in [0.1, 0.15) is 24.0 Å². The van der Waals surface area contributed by atoms with Crippen LogP contribution >= 0.6 is 0 Å². The molecule has 0 aromatic heterocycles. The molecule has 2 aliphatic rings. The molecule has 0 unspecified atom stereocenters. The molecule has 3 rings (SSSR count). The van der Waals surface area contributed by atoms with Crippen LogP contribution in [0.15, 0.2) is 24.3 Å². The number of hydrogen-bond donors (Lipinski definition) is 3. The number of hydrogen-bond acceptors (Lipinski definition) is 4. The third kappa shape index (κ3) is 3.31. The number of likely N-dealkylation sites (N-methyl/N-ethyl adjacent to an activating group) is 1. The molecule has 0 bridgehead atoms. The largest absolute Gasteiger partial charge is 0.358 e. The van der Waals surface area contributed by atoms with Crippen molar-refractivity contribution in [1.29, 1.82) is 0 Å².